The summed E-state index contributed by atoms with van der Waals surface area (Å²) in [7, 11) is 0. The summed E-state index contributed by atoms with van der Waals surface area (Å²) < 4.78 is 0. The van der Waals surface area contributed by atoms with Crippen molar-refractivity contribution in [3.05, 3.63) is 101 Å². The fraction of sp³-hybridized carbons (Fsp3) is 0.233. The van der Waals surface area contributed by atoms with Crippen LogP contribution in [0, 0.1) is 12.8 Å². The van der Waals surface area contributed by atoms with Crippen LogP contribution in [0.15, 0.2) is 89.2 Å². The van der Waals surface area contributed by atoms with E-state index in [-0.39, 0.29) is 0 Å². The average molecular weight is 466 g/mol. The highest BCUT2D eigenvalue weighted by atomic mass is 16.7. The second-order valence-electron chi connectivity index (χ2n) is 8.79. The van der Waals surface area contributed by atoms with Gasteiger partial charge in [-0.15, -0.1) is 0 Å². The van der Waals surface area contributed by atoms with Gasteiger partial charge in [-0.2, -0.15) is 4.99 Å². The van der Waals surface area contributed by atoms with Crippen LogP contribution in [0.1, 0.15) is 53.7 Å². The van der Waals surface area contributed by atoms with Gasteiger partial charge in [-0.25, -0.2) is 5.48 Å². The molecule has 0 bridgehead atoms. The minimum atomic E-state index is 0.385. The lowest BCUT2D eigenvalue weighted by molar-refractivity contribution is 0.112. The smallest absolute Gasteiger partial charge is 0.240 e. The highest BCUT2D eigenvalue weighted by Crippen LogP contribution is 2.32. The van der Waals surface area contributed by atoms with E-state index in [0.717, 1.165) is 40.6 Å². The largest absolute Gasteiger partial charge is 0.361 e. The first kappa shape index (κ1) is 24.1. The lowest BCUT2D eigenvalue weighted by Crippen LogP contribution is -2.18. The molecule has 2 aliphatic rings. The van der Waals surface area contributed by atoms with Gasteiger partial charge in [0.1, 0.15) is 6.29 Å². The zero-order chi connectivity index (χ0) is 24.8. The minimum Gasteiger partial charge on any atom is -0.361 e. The highest BCUT2D eigenvalue weighted by Gasteiger charge is 2.24. The number of nitrogens with zero attached hydrogens (tertiary/aromatic N) is 2. The van der Waals surface area contributed by atoms with Crippen molar-refractivity contribution in [2.45, 2.75) is 40.0 Å². The van der Waals surface area contributed by atoms with Crippen molar-refractivity contribution in [2.75, 3.05) is 0 Å². The summed E-state index contributed by atoms with van der Waals surface area (Å²) >= 11 is 0. The van der Waals surface area contributed by atoms with Gasteiger partial charge in [-0.1, -0.05) is 67.6 Å². The molecule has 35 heavy (non-hydrogen) atoms. The molecule has 1 saturated carbocycles. The summed E-state index contributed by atoms with van der Waals surface area (Å²) in [6.45, 7) is 9.86. The van der Waals surface area contributed by atoms with E-state index >= 15 is 0 Å². The minimum absolute atomic E-state index is 0.385. The van der Waals surface area contributed by atoms with Gasteiger partial charge >= 0.3 is 0 Å². The third kappa shape index (κ3) is 5.93. The Morgan fingerprint density at radius 3 is 2.40 bits per heavy atom. The molecule has 3 aromatic rings. The molecule has 5 rings (SSSR count). The van der Waals surface area contributed by atoms with Crippen LogP contribution in [-0.4, -0.2) is 17.8 Å². The molecule has 0 unspecified atom stereocenters. The van der Waals surface area contributed by atoms with Crippen molar-refractivity contribution in [2.24, 2.45) is 15.9 Å². The first-order chi connectivity index (χ1) is 17.0. The van der Waals surface area contributed by atoms with E-state index in [1.807, 2.05) is 43.3 Å². The number of amidine groups is 1. The van der Waals surface area contributed by atoms with Gasteiger partial charge in [-0.3, -0.25) is 9.79 Å². The molecule has 0 atom stereocenters. The molecule has 0 spiro atoms. The van der Waals surface area contributed by atoms with E-state index in [2.05, 4.69) is 66.2 Å². The Kier molecular flexibility index (Phi) is 7.56. The summed E-state index contributed by atoms with van der Waals surface area (Å²) in [5, 5.41) is 0. The fourth-order valence-electron chi connectivity index (χ4n) is 3.93. The molecule has 5 heteroatoms. The zero-order valence-electron chi connectivity index (χ0n) is 20.5. The van der Waals surface area contributed by atoms with Crippen LogP contribution >= 0.6 is 0 Å². The normalized spacial score (nSPS) is 14.9. The van der Waals surface area contributed by atoms with E-state index in [1.54, 1.807) is 0 Å². The molecular weight excluding hydrogens is 434 g/mol. The molecule has 178 valence electrons. The molecule has 1 aliphatic heterocycles. The van der Waals surface area contributed by atoms with Crippen LogP contribution in [0.4, 0.5) is 5.69 Å². The van der Waals surface area contributed by atoms with Crippen molar-refractivity contribution >= 4 is 23.5 Å². The van der Waals surface area contributed by atoms with Crippen LogP contribution in [0.25, 0.3) is 11.1 Å². The molecule has 0 radical (unpaired) electrons. The molecule has 3 aromatic carbocycles. The number of hydrogen-bond donors (Lipinski definition) is 1. The molecule has 1 aliphatic carbocycles. The molecule has 0 aromatic heterocycles. The maximum Gasteiger partial charge on any atom is 0.240 e. The van der Waals surface area contributed by atoms with E-state index < -0.39 is 0 Å². The SMILES string of the molecule is C=C1N=C(c2ccccc2-c2ccc(CC)cc2)NO1.CC(=Nc1cccc(C=O)c1C)C1CC1. The highest BCUT2D eigenvalue weighted by molar-refractivity contribution is 6.05. The number of rotatable bonds is 6. The average Bonchev–Trinajstić information content (AvgIpc) is 3.66. The molecule has 1 N–H and O–H groups in total. The number of aryl methyl sites for hydroxylation is 1. The quantitative estimate of drug-likeness (QED) is 0.316. The van der Waals surface area contributed by atoms with Crippen molar-refractivity contribution in [3.63, 3.8) is 0 Å². The Balaban J connectivity index is 0.000000172. The molecule has 0 amide bonds. The summed E-state index contributed by atoms with van der Waals surface area (Å²) in [6, 6.07) is 22.4. The topological polar surface area (TPSA) is 63.1 Å². The number of carbonyl (C=O) groups excluding carboxylic acids is 1. The predicted octanol–water partition coefficient (Wildman–Crippen LogP) is 6.98. The van der Waals surface area contributed by atoms with E-state index in [9.17, 15) is 4.79 Å². The second-order valence-corrected chi connectivity index (χ2v) is 8.79. The van der Waals surface area contributed by atoms with Gasteiger partial charge in [0.15, 0.2) is 5.84 Å². The third-order valence-electron chi connectivity index (χ3n) is 6.30. The van der Waals surface area contributed by atoms with Crippen LogP contribution < -0.4 is 5.48 Å². The Labute approximate surface area is 207 Å². The first-order valence-corrected chi connectivity index (χ1v) is 12.0. The molecule has 1 fully saturated rings. The van der Waals surface area contributed by atoms with Crippen LogP contribution in [0.3, 0.4) is 0 Å². The van der Waals surface area contributed by atoms with Crippen molar-refractivity contribution in [3.8, 4) is 11.1 Å². The van der Waals surface area contributed by atoms with Crippen molar-refractivity contribution in [1.29, 1.82) is 0 Å². The van der Waals surface area contributed by atoms with Crippen molar-refractivity contribution < 1.29 is 9.63 Å². The maximum absolute atomic E-state index is 10.8. The van der Waals surface area contributed by atoms with E-state index in [0.29, 0.717) is 17.6 Å². The summed E-state index contributed by atoms with van der Waals surface area (Å²) in [5.74, 6) is 1.77. The molecule has 1 heterocycles. The Morgan fingerprint density at radius 1 is 1.09 bits per heavy atom. The van der Waals surface area contributed by atoms with Gasteiger partial charge in [0, 0.05) is 16.8 Å². The number of nitrogens with one attached hydrogen (secondary N) is 1. The monoisotopic (exact) mass is 465 g/mol. The Morgan fingerprint density at radius 2 is 1.80 bits per heavy atom. The summed E-state index contributed by atoms with van der Waals surface area (Å²) in [4.78, 5) is 24.7. The fourth-order valence-corrected chi connectivity index (χ4v) is 3.93. The van der Waals surface area contributed by atoms with Crippen LogP contribution in [-0.2, 0) is 11.3 Å². The Hall–Kier alpha value is -3.99. The number of hydrogen-bond acceptors (Lipinski definition) is 5. The third-order valence-corrected chi connectivity index (χ3v) is 6.30. The summed E-state index contributed by atoms with van der Waals surface area (Å²) in [5.41, 5.74) is 11.3. The van der Waals surface area contributed by atoms with E-state index in [1.165, 1.54) is 29.7 Å². The van der Waals surface area contributed by atoms with Gasteiger partial charge in [0.05, 0.1) is 5.69 Å². The van der Waals surface area contributed by atoms with E-state index in [4.69, 9.17) is 4.84 Å². The van der Waals surface area contributed by atoms with Gasteiger partial charge < -0.3 is 4.84 Å². The lowest BCUT2D eigenvalue weighted by atomic mass is 9.98. The number of hydroxylamine groups is 1. The molecule has 5 nitrogen and oxygen atoms in total. The number of carbonyl (C=O) groups is 1. The maximum atomic E-state index is 10.8. The van der Waals surface area contributed by atoms with Gasteiger partial charge in [0.25, 0.3) is 0 Å². The lowest BCUT2D eigenvalue weighted by Gasteiger charge is -2.09. The van der Waals surface area contributed by atoms with Gasteiger partial charge in [0.2, 0.25) is 5.88 Å². The molecule has 0 saturated heterocycles. The van der Waals surface area contributed by atoms with Crippen LogP contribution in [0.5, 0.6) is 0 Å². The molecular formula is C30H31N3O2. The Bertz CT molecular complexity index is 1290. The number of benzene rings is 3. The predicted molar refractivity (Wildman–Crippen MR) is 143 cm³/mol. The van der Waals surface area contributed by atoms with Crippen LogP contribution in [0.2, 0.25) is 0 Å². The zero-order valence-corrected chi connectivity index (χ0v) is 20.5. The second kappa shape index (κ2) is 11.0. The van der Waals surface area contributed by atoms with Gasteiger partial charge in [-0.05, 0) is 73.9 Å². The standard InChI is InChI=1S/C17H16N2O.C13H15NO/c1-3-13-8-10-14(11-9-13)15-6-4-5-7-16(15)17-18-12(2)20-19-17;1-9-12(8-15)4-3-5-13(9)14-10(2)11-6-7-11/h4-11H,2-3H2,1H3,(H,18,19);3-5,8,11H,6-7H2,1-2H3. The van der Waals surface area contributed by atoms with Crippen molar-refractivity contribution in [1.82, 2.24) is 5.48 Å². The summed E-state index contributed by atoms with van der Waals surface area (Å²) in [6.07, 6.45) is 4.47. The first-order valence-electron chi connectivity index (χ1n) is 12.0. The number of aliphatic imine (C=N–C) groups is 2. The number of aldehydes is 1.